The minimum Gasteiger partial charge on any atom is -0.253 e. The third-order valence-electron chi connectivity index (χ3n) is 4.70. The Hall–Kier alpha value is -0.860. The molecule has 0 amide bonds. The third-order valence-corrected chi connectivity index (χ3v) is 4.70. The van der Waals surface area contributed by atoms with Gasteiger partial charge in [-0.2, -0.15) is 0 Å². The summed E-state index contributed by atoms with van der Waals surface area (Å²) in [7, 11) is 0. The second-order valence-corrected chi connectivity index (χ2v) is 6.10. The summed E-state index contributed by atoms with van der Waals surface area (Å²) >= 11 is 0. The van der Waals surface area contributed by atoms with Gasteiger partial charge in [0, 0.05) is 12.1 Å². The van der Waals surface area contributed by atoms with Gasteiger partial charge >= 0.3 is 0 Å². The Morgan fingerprint density at radius 3 is 2.50 bits per heavy atom. The Morgan fingerprint density at radius 1 is 1.06 bits per heavy atom. The summed E-state index contributed by atoms with van der Waals surface area (Å²) in [6.07, 6.45) is 9.82. The maximum Gasteiger partial charge on any atom is 0.0351 e. The van der Waals surface area contributed by atoms with Crippen molar-refractivity contribution in [2.45, 2.75) is 57.0 Å². The molecule has 0 unspecified atom stereocenters. The molecule has 2 heteroatoms. The van der Waals surface area contributed by atoms with Gasteiger partial charge in [-0.1, -0.05) is 56.0 Å². The zero-order valence-corrected chi connectivity index (χ0v) is 11.1. The van der Waals surface area contributed by atoms with Crippen molar-refractivity contribution in [3.8, 4) is 0 Å². The predicted molar refractivity (Wildman–Crippen MR) is 75.0 cm³/mol. The second kappa shape index (κ2) is 5.41. The highest BCUT2D eigenvalue weighted by molar-refractivity contribution is 5.14. The van der Waals surface area contributed by atoms with Crippen molar-refractivity contribution in [1.82, 2.24) is 10.9 Å². The van der Waals surface area contributed by atoms with Crippen LogP contribution in [0.2, 0.25) is 0 Å². The number of benzene rings is 1. The summed E-state index contributed by atoms with van der Waals surface area (Å²) < 4.78 is 0. The normalized spacial score (nSPS) is 31.2. The molecule has 2 fully saturated rings. The first-order valence-corrected chi connectivity index (χ1v) is 7.40. The second-order valence-electron chi connectivity index (χ2n) is 6.10. The van der Waals surface area contributed by atoms with Crippen LogP contribution in [-0.4, -0.2) is 5.54 Å². The molecule has 1 aromatic rings. The third kappa shape index (κ3) is 2.76. The van der Waals surface area contributed by atoms with Crippen LogP contribution in [0.1, 0.15) is 50.5 Å². The maximum atomic E-state index is 3.66. The Bertz CT molecular complexity index is 364. The molecule has 1 aromatic carbocycles. The molecule has 0 atom stereocenters. The van der Waals surface area contributed by atoms with Gasteiger partial charge in [0.25, 0.3) is 0 Å². The molecular weight excluding hydrogens is 220 g/mol. The van der Waals surface area contributed by atoms with Crippen LogP contribution in [-0.2, 0) is 6.54 Å². The first-order chi connectivity index (χ1) is 8.86. The fraction of sp³-hybridized carbons (Fsp3) is 0.625. The predicted octanol–water partition coefficient (Wildman–Crippen LogP) is 3.39. The van der Waals surface area contributed by atoms with Gasteiger partial charge in [-0.3, -0.25) is 10.9 Å². The van der Waals surface area contributed by atoms with Crippen molar-refractivity contribution in [2.75, 3.05) is 0 Å². The first kappa shape index (κ1) is 12.2. The average Bonchev–Trinajstić information content (AvgIpc) is 2.40. The van der Waals surface area contributed by atoms with Crippen molar-refractivity contribution < 1.29 is 0 Å². The van der Waals surface area contributed by atoms with Crippen molar-refractivity contribution in [3.63, 3.8) is 0 Å². The van der Waals surface area contributed by atoms with Crippen LogP contribution in [0.4, 0.5) is 0 Å². The summed E-state index contributed by atoms with van der Waals surface area (Å²) in [5.41, 5.74) is 8.88. The molecular formula is C16H24N2. The Labute approximate surface area is 110 Å². The van der Waals surface area contributed by atoms with E-state index in [1.807, 2.05) is 0 Å². The van der Waals surface area contributed by atoms with Gasteiger partial charge in [0.2, 0.25) is 0 Å². The van der Waals surface area contributed by atoms with E-state index in [0.717, 1.165) is 12.5 Å². The Morgan fingerprint density at radius 2 is 1.78 bits per heavy atom. The highest BCUT2D eigenvalue weighted by Crippen LogP contribution is 2.42. The lowest BCUT2D eigenvalue weighted by atomic mass is 9.67. The number of fused-ring (bicyclic) bond motifs is 2. The van der Waals surface area contributed by atoms with Gasteiger partial charge in [0.15, 0.2) is 0 Å². The van der Waals surface area contributed by atoms with Gasteiger partial charge in [0.1, 0.15) is 0 Å². The SMILES string of the molecule is c1ccc(CNNC23CCCC(CCC2)C3)cc1. The van der Waals surface area contributed by atoms with Crippen molar-refractivity contribution in [2.24, 2.45) is 5.92 Å². The monoisotopic (exact) mass is 244 g/mol. The van der Waals surface area contributed by atoms with Crippen LogP contribution in [0.5, 0.6) is 0 Å². The molecule has 3 rings (SSSR count). The molecule has 2 aliphatic rings. The zero-order valence-electron chi connectivity index (χ0n) is 11.1. The van der Waals surface area contributed by atoms with E-state index >= 15 is 0 Å². The smallest absolute Gasteiger partial charge is 0.0351 e. The number of hydrogen-bond donors (Lipinski definition) is 2. The van der Waals surface area contributed by atoms with Crippen molar-refractivity contribution in [3.05, 3.63) is 35.9 Å². The lowest BCUT2D eigenvalue weighted by Gasteiger charge is -2.46. The summed E-state index contributed by atoms with van der Waals surface area (Å²) in [6.45, 7) is 0.924. The van der Waals surface area contributed by atoms with E-state index in [9.17, 15) is 0 Å². The van der Waals surface area contributed by atoms with E-state index in [-0.39, 0.29) is 0 Å². The molecule has 0 aromatic heterocycles. The van der Waals surface area contributed by atoms with Crippen LogP contribution in [0, 0.1) is 5.92 Å². The minimum absolute atomic E-state index is 0.399. The van der Waals surface area contributed by atoms with Crippen LogP contribution < -0.4 is 10.9 Å². The van der Waals surface area contributed by atoms with E-state index in [1.54, 1.807) is 0 Å². The quantitative estimate of drug-likeness (QED) is 0.793. The van der Waals surface area contributed by atoms with Crippen molar-refractivity contribution >= 4 is 0 Å². The zero-order chi connectivity index (χ0) is 12.3. The summed E-state index contributed by atoms with van der Waals surface area (Å²) in [6, 6.07) is 10.6. The highest BCUT2D eigenvalue weighted by atomic mass is 15.4. The van der Waals surface area contributed by atoms with Crippen LogP contribution in [0.25, 0.3) is 0 Å². The number of rotatable bonds is 4. The molecule has 0 heterocycles. The fourth-order valence-electron chi connectivity index (χ4n) is 3.79. The molecule has 98 valence electrons. The molecule has 0 saturated heterocycles. The van der Waals surface area contributed by atoms with Crippen LogP contribution >= 0.6 is 0 Å². The molecule has 2 aliphatic carbocycles. The molecule has 2 saturated carbocycles. The van der Waals surface area contributed by atoms with Crippen LogP contribution in [0.15, 0.2) is 30.3 Å². The fourth-order valence-corrected chi connectivity index (χ4v) is 3.79. The molecule has 18 heavy (non-hydrogen) atoms. The maximum absolute atomic E-state index is 3.66. The van der Waals surface area contributed by atoms with Gasteiger partial charge in [0.05, 0.1) is 0 Å². The van der Waals surface area contributed by atoms with E-state index in [4.69, 9.17) is 0 Å². The Kier molecular flexibility index (Phi) is 3.67. The largest absolute Gasteiger partial charge is 0.253 e. The van der Waals surface area contributed by atoms with E-state index in [0.29, 0.717) is 5.54 Å². The van der Waals surface area contributed by atoms with Crippen molar-refractivity contribution in [1.29, 1.82) is 0 Å². The lowest BCUT2D eigenvalue weighted by Crippen LogP contribution is -2.56. The van der Waals surface area contributed by atoms with Gasteiger partial charge < -0.3 is 0 Å². The molecule has 0 aliphatic heterocycles. The molecule has 2 nitrogen and oxygen atoms in total. The van der Waals surface area contributed by atoms with Crippen LogP contribution in [0.3, 0.4) is 0 Å². The molecule has 2 N–H and O–H groups in total. The van der Waals surface area contributed by atoms with E-state index in [2.05, 4.69) is 41.2 Å². The minimum atomic E-state index is 0.399. The number of nitrogens with one attached hydrogen (secondary N) is 2. The topological polar surface area (TPSA) is 24.1 Å². The highest BCUT2D eigenvalue weighted by Gasteiger charge is 2.38. The van der Waals surface area contributed by atoms with Gasteiger partial charge in [-0.05, 0) is 30.7 Å². The molecule has 0 spiro atoms. The summed E-state index contributed by atoms with van der Waals surface area (Å²) in [5.74, 6) is 0.985. The lowest BCUT2D eigenvalue weighted by molar-refractivity contribution is 0.101. The summed E-state index contributed by atoms with van der Waals surface area (Å²) in [4.78, 5) is 0. The molecule has 2 bridgehead atoms. The first-order valence-electron chi connectivity index (χ1n) is 7.40. The summed E-state index contributed by atoms with van der Waals surface area (Å²) in [5, 5.41) is 0. The number of hydrogen-bond acceptors (Lipinski definition) is 2. The van der Waals surface area contributed by atoms with Gasteiger partial charge in [-0.15, -0.1) is 0 Å². The number of hydrazine groups is 1. The molecule has 0 radical (unpaired) electrons. The average molecular weight is 244 g/mol. The standard InChI is InChI=1S/C16H24N2/c1-2-6-15(7-3-1)13-17-18-16-10-4-8-14(12-16)9-5-11-16/h1-3,6-7,14,17-18H,4-5,8-13H2. The van der Waals surface area contributed by atoms with E-state index < -0.39 is 0 Å². The van der Waals surface area contributed by atoms with Gasteiger partial charge in [-0.25, -0.2) is 0 Å². The Balaban J connectivity index is 1.53. The van der Waals surface area contributed by atoms with E-state index in [1.165, 1.54) is 50.5 Å².